The Morgan fingerprint density at radius 3 is 1.23 bits per heavy atom. The number of ether oxygens (including phenoxy) is 1. The van der Waals surface area contributed by atoms with Gasteiger partial charge in [0.15, 0.2) is 0 Å². The maximum atomic E-state index is 13.2. The van der Waals surface area contributed by atoms with Gasteiger partial charge in [-0.15, -0.1) is 0 Å². The van der Waals surface area contributed by atoms with E-state index in [0.717, 1.165) is 57.8 Å². The van der Waals surface area contributed by atoms with Crippen molar-refractivity contribution in [3.8, 4) is 0 Å². The van der Waals surface area contributed by atoms with Crippen molar-refractivity contribution in [1.82, 2.24) is 5.32 Å². The summed E-state index contributed by atoms with van der Waals surface area (Å²) in [7, 11) is 0. The van der Waals surface area contributed by atoms with Crippen molar-refractivity contribution in [1.29, 1.82) is 0 Å². The Labute approximate surface area is 402 Å². The van der Waals surface area contributed by atoms with Gasteiger partial charge in [-0.2, -0.15) is 0 Å². The molecule has 3 atom stereocenters. The van der Waals surface area contributed by atoms with Crippen LogP contribution in [0.2, 0.25) is 0 Å². The molecule has 0 bridgehead atoms. The van der Waals surface area contributed by atoms with Gasteiger partial charge in [0.05, 0.1) is 25.2 Å². The zero-order valence-electron chi connectivity index (χ0n) is 42.9. The smallest absolute Gasteiger partial charge is 0.306 e. The fraction of sp³-hybridized carbons (Fsp3) is 0.763. The molecule has 3 unspecified atom stereocenters. The van der Waals surface area contributed by atoms with Gasteiger partial charge in [-0.05, 0) is 38.5 Å². The molecule has 0 aliphatic carbocycles. The Balaban J connectivity index is 4.63. The maximum Gasteiger partial charge on any atom is 0.306 e. The third-order valence-electron chi connectivity index (χ3n) is 12.5. The maximum absolute atomic E-state index is 13.2. The van der Waals surface area contributed by atoms with E-state index in [1.54, 1.807) is 0 Å². The lowest BCUT2D eigenvalue weighted by Gasteiger charge is -2.24. The molecule has 0 aromatic heterocycles. The van der Waals surface area contributed by atoms with Crippen molar-refractivity contribution in [3.63, 3.8) is 0 Å². The third kappa shape index (κ3) is 47.6. The molecule has 0 heterocycles. The summed E-state index contributed by atoms with van der Waals surface area (Å²) in [6.07, 6.45) is 66.9. The molecule has 0 fully saturated rings. The van der Waals surface area contributed by atoms with Crippen molar-refractivity contribution in [2.75, 3.05) is 6.61 Å². The molecule has 0 aromatic rings. The van der Waals surface area contributed by atoms with Crippen molar-refractivity contribution in [2.24, 2.45) is 0 Å². The lowest BCUT2D eigenvalue weighted by molar-refractivity contribution is -0.151. The van der Waals surface area contributed by atoms with E-state index in [-0.39, 0.29) is 24.9 Å². The van der Waals surface area contributed by atoms with E-state index in [1.165, 1.54) is 161 Å². The van der Waals surface area contributed by atoms with Crippen LogP contribution in [0, 0.1) is 0 Å². The Morgan fingerprint density at radius 1 is 0.462 bits per heavy atom. The molecule has 0 rings (SSSR count). The monoisotopic (exact) mass is 908 g/mol. The first-order valence-electron chi connectivity index (χ1n) is 27.7. The predicted molar refractivity (Wildman–Crippen MR) is 282 cm³/mol. The minimum atomic E-state index is -0.809. The molecule has 0 aliphatic heterocycles. The third-order valence-corrected chi connectivity index (χ3v) is 12.5. The zero-order chi connectivity index (χ0) is 47.4. The summed E-state index contributed by atoms with van der Waals surface area (Å²) < 4.78 is 5.91. The molecule has 0 saturated heterocycles. The number of allylic oxidation sites excluding steroid dienone is 12. The number of unbranched alkanes of at least 4 members (excludes halogenated alkanes) is 30. The summed E-state index contributed by atoms with van der Waals surface area (Å²) in [6.45, 7) is 6.33. The van der Waals surface area contributed by atoms with Crippen molar-refractivity contribution in [2.45, 2.75) is 283 Å². The molecule has 376 valence electrons. The fourth-order valence-electron chi connectivity index (χ4n) is 8.29. The van der Waals surface area contributed by atoms with Gasteiger partial charge in [-0.25, -0.2) is 0 Å². The standard InChI is InChI=1S/C59H105NO5/c1-4-7-10-13-16-19-22-25-27-28-29-30-32-34-37-40-43-46-49-52-59(64)65-55(50-47-44-41-38-35-33-31-26-23-20-17-14-11-8-5-2)53-58(63)60-56(54-61)57(62)51-48-45-42-39-36-24-21-18-15-12-9-6-3/h8,11,14,17,20,23,26,31,33,35,38,41,55-57,61-62H,4-7,9-10,12-13,15-16,18-19,21-22,24-25,27-30,32,34,36-37,39-40,42-54H2,1-3H3,(H,60,63)/b11-8-,17-14+,23-20+,31-26-,35-33+,41-38+. The minimum Gasteiger partial charge on any atom is -0.462 e. The first-order valence-corrected chi connectivity index (χ1v) is 27.7. The highest BCUT2D eigenvalue weighted by molar-refractivity contribution is 5.77. The van der Waals surface area contributed by atoms with Crippen LogP contribution in [0.5, 0.6) is 0 Å². The van der Waals surface area contributed by atoms with Crippen LogP contribution in [0.1, 0.15) is 265 Å². The highest BCUT2D eigenvalue weighted by Crippen LogP contribution is 2.18. The van der Waals surface area contributed by atoms with Crippen LogP contribution in [0.4, 0.5) is 0 Å². The second kappa shape index (κ2) is 52.3. The zero-order valence-corrected chi connectivity index (χ0v) is 42.9. The van der Waals surface area contributed by atoms with Gasteiger partial charge in [-0.1, -0.05) is 286 Å². The Bertz CT molecular complexity index is 1200. The SMILES string of the molecule is CC\C=C/C=C/C=C/C=C\C=C\C=C\CCCC(CC(=O)NC(CO)C(O)CCCCCCCCCCCCCC)OC(=O)CCCCCCCCCCCCCCCCCCCCC. The van der Waals surface area contributed by atoms with Gasteiger partial charge in [0.1, 0.15) is 6.10 Å². The van der Waals surface area contributed by atoms with Crippen molar-refractivity contribution >= 4 is 11.9 Å². The topological polar surface area (TPSA) is 95.9 Å². The van der Waals surface area contributed by atoms with Gasteiger partial charge in [0.2, 0.25) is 5.91 Å². The average Bonchev–Trinajstić information content (AvgIpc) is 3.30. The first kappa shape index (κ1) is 62.3. The van der Waals surface area contributed by atoms with E-state index in [0.29, 0.717) is 19.3 Å². The quantitative estimate of drug-likeness (QED) is 0.0321. The van der Waals surface area contributed by atoms with E-state index in [9.17, 15) is 19.8 Å². The number of hydrogen-bond acceptors (Lipinski definition) is 5. The number of carbonyl (C=O) groups excluding carboxylic acids is 2. The lowest BCUT2D eigenvalue weighted by atomic mass is 10.0. The second-order valence-electron chi connectivity index (χ2n) is 18.8. The van der Waals surface area contributed by atoms with Crippen LogP contribution < -0.4 is 5.32 Å². The highest BCUT2D eigenvalue weighted by Gasteiger charge is 2.24. The number of aliphatic hydroxyl groups is 2. The van der Waals surface area contributed by atoms with Gasteiger partial charge in [0.25, 0.3) is 0 Å². The second-order valence-corrected chi connectivity index (χ2v) is 18.8. The van der Waals surface area contributed by atoms with Gasteiger partial charge < -0.3 is 20.3 Å². The molecule has 0 radical (unpaired) electrons. The van der Waals surface area contributed by atoms with Gasteiger partial charge in [-0.3, -0.25) is 9.59 Å². The molecule has 6 heteroatoms. The Morgan fingerprint density at radius 2 is 0.831 bits per heavy atom. The summed E-state index contributed by atoms with van der Waals surface area (Å²) in [5.74, 6) is -0.543. The Hall–Kier alpha value is -2.70. The average molecular weight is 908 g/mol. The fourth-order valence-corrected chi connectivity index (χ4v) is 8.29. The van der Waals surface area contributed by atoms with E-state index >= 15 is 0 Å². The molecular formula is C59H105NO5. The number of hydrogen-bond donors (Lipinski definition) is 3. The summed E-state index contributed by atoms with van der Waals surface area (Å²) in [5.41, 5.74) is 0. The number of amides is 1. The van der Waals surface area contributed by atoms with Gasteiger partial charge in [0, 0.05) is 6.42 Å². The van der Waals surface area contributed by atoms with Crippen LogP contribution in [0.25, 0.3) is 0 Å². The van der Waals surface area contributed by atoms with E-state index in [4.69, 9.17) is 4.74 Å². The predicted octanol–water partition coefficient (Wildman–Crippen LogP) is 17.0. The van der Waals surface area contributed by atoms with Crippen molar-refractivity contribution < 1.29 is 24.5 Å². The molecule has 0 spiro atoms. The summed E-state index contributed by atoms with van der Waals surface area (Å²) >= 11 is 0. The molecular weight excluding hydrogens is 803 g/mol. The molecule has 3 N–H and O–H groups in total. The highest BCUT2D eigenvalue weighted by atomic mass is 16.5. The molecule has 6 nitrogen and oxygen atoms in total. The van der Waals surface area contributed by atoms with E-state index in [2.05, 4.69) is 38.2 Å². The molecule has 1 amide bonds. The number of rotatable bonds is 49. The minimum absolute atomic E-state index is 0.0266. The summed E-state index contributed by atoms with van der Waals surface area (Å²) in [4.78, 5) is 26.2. The molecule has 0 aromatic carbocycles. The van der Waals surface area contributed by atoms with Crippen LogP contribution in [-0.4, -0.2) is 46.9 Å². The summed E-state index contributed by atoms with van der Waals surface area (Å²) in [5, 5.41) is 23.8. The molecule has 65 heavy (non-hydrogen) atoms. The summed E-state index contributed by atoms with van der Waals surface area (Å²) in [6, 6.07) is -0.727. The first-order chi connectivity index (χ1) is 32.0. The van der Waals surface area contributed by atoms with E-state index < -0.39 is 18.2 Å². The van der Waals surface area contributed by atoms with E-state index in [1.807, 2.05) is 60.8 Å². The number of aliphatic hydroxyl groups excluding tert-OH is 2. The largest absolute Gasteiger partial charge is 0.462 e. The van der Waals surface area contributed by atoms with Crippen LogP contribution in [-0.2, 0) is 14.3 Å². The number of carbonyl (C=O) groups is 2. The van der Waals surface area contributed by atoms with Crippen LogP contribution >= 0.6 is 0 Å². The van der Waals surface area contributed by atoms with Crippen LogP contribution in [0.15, 0.2) is 72.9 Å². The van der Waals surface area contributed by atoms with Crippen LogP contribution in [0.3, 0.4) is 0 Å². The lowest BCUT2D eigenvalue weighted by Crippen LogP contribution is -2.46. The molecule has 0 aliphatic rings. The van der Waals surface area contributed by atoms with Crippen molar-refractivity contribution in [3.05, 3.63) is 72.9 Å². The molecule has 0 saturated carbocycles. The Kier molecular flexibility index (Phi) is 50.1. The number of esters is 1. The normalized spacial score (nSPS) is 13.7. The number of nitrogens with one attached hydrogen (secondary N) is 1. The van der Waals surface area contributed by atoms with Gasteiger partial charge >= 0.3 is 5.97 Å².